The summed E-state index contributed by atoms with van der Waals surface area (Å²) < 4.78 is 16.6. The highest BCUT2D eigenvalue weighted by molar-refractivity contribution is 6.10. The minimum atomic E-state index is 0.774. The molecule has 9 aromatic rings. The van der Waals surface area contributed by atoms with E-state index in [1.807, 2.05) is 30.3 Å². The lowest BCUT2D eigenvalue weighted by molar-refractivity contribution is 0.474. The van der Waals surface area contributed by atoms with Crippen LogP contribution in [0.3, 0.4) is 0 Å². The van der Waals surface area contributed by atoms with Crippen LogP contribution in [0.1, 0.15) is 0 Å². The summed E-state index contributed by atoms with van der Waals surface area (Å²) in [5, 5.41) is 2.39. The molecule has 8 aromatic carbocycles. The van der Waals surface area contributed by atoms with Crippen LogP contribution in [0.25, 0.3) is 72.0 Å². The maximum Gasteiger partial charge on any atom is 0.143 e. The van der Waals surface area contributed by atoms with Gasteiger partial charge in [-0.15, -0.1) is 0 Å². The number of hydrogen-bond donors (Lipinski definition) is 0. The summed E-state index contributed by atoms with van der Waals surface area (Å²) in [5.41, 5.74) is 11.5. The molecule has 0 atom stereocenters. The third kappa shape index (κ3) is 4.82. The Bertz CT molecular complexity index is 2740. The highest BCUT2D eigenvalue weighted by Gasteiger charge is 2.25. The second kappa shape index (κ2) is 11.9. The molecule has 1 aromatic heterocycles. The Morgan fingerprint density at radius 3 is 1.51 bits per heavy atom. The molecule has 0 spiro atoms. The Morgan fingerprint density at radius 1 is 0.314 bits per heavy atom. The smallest absolute Gasteiger partial charge is 0.143 e. The third-order valence-corrected chi connectivity index (χ3v) is 9.89. The first-order valence-electron chi connectivity index (χ1n) is 17.3. The Labute approximate surface area is 296 Å². The molecule has 0 saturated heterocycles. The van der Waals surface area contributed by atoms with E-state index in [1.54, 1.807) is 0 Å². The molecule has 0 fully saturated rings. The molecule has 0 bridgehead atoms. The van der Waals surface area contributed by atoms with Crippen molar-refractivity contribution in [2.24, 2.45) is 0 Å². The van der Waals surface area contributed by atoms with Crippen LogP contribution in [0.15, 0.2) is 188 Å². The molecule has 10 rings (SSSR count). The van der Waals surface area contributed by atoms with E-state index in [9.17, 15) is 0 Å². The summed E-state index contributed by atoms with van der Waals surface area (Å²) in [6, 6.07) is 65.7. The van der Waals surface area contributed by atoms with Crippen molar-refractivity contribution in [1.82, 2.24) is 4.57 Å². The van der Waals surface area contributed by atoms with Gasteiger partial charge in [-0.2, -0.15) is 0 Å². The Hall–Kier alpha value is -6.84. The molecule has 2 heterocycles. The lowest BCUT2D eigenvalue weighted by Crippen LogP contribution is -2.00. The molecule has 0 N–H and O–H groups in total. The van der Waals surface area contributed by atoms with Crippen molar-refractivity contribution in [3.63, 3.8) is 0 Å². The van der Waals surface area contributed by atoms with Crippen LogP contribution in [0.5, 0.6) is 23.0 Å². The van der Waals surface area contributed by atoms with Gasteiger partial charge in [0.2, 0.25) is 0 Å². The average Bonchev–Trinajstić information content (AvgIpc) is 3.53. The Balaban J connectivity index is 1.26. The van der Waals surface area contributed by atoms with Crippen LogP contribution in [-0.4, -0.2) is 4.57 Å². The molecule has 51 heavy (non-hydrogen) atoms. The number of para-hydroxylation sites is 6. The SMILES string of the molecule is c1ccc(-c2cccc3c2Oc2c(-c4ccc5c(c4)c4ccccc4n5-c4ccccc4)cccc2-c2ccccc2Oc2ccccc2-3)cc1. The third-order valence-electron chi connectivity index (χ3n) is 9.89. The van der Waals surface area contributed by atoms with E-state index in [0.29, 0.717) is 0 Å². The molecule has 3 nitrogen and oxygen atoms in total. The molecule has 1 aliphatic heterocycles. The van der Waals surface area contributed by atoms with Gasteiger partial charge in [-0.3, -0.25) is 0 Å². The van der Waals surface area contributed by atoms with Gasteiger partial charge < -0.3 is 14.0 Å². The predicted octanol–water partition coefficient (Wildman–Crippen LogP) is 13.3. The second-order valence-electron chi connectivity index (χ2n) is 12.8. The van der Waals surface area contributed by atoms with Gasteiger partial charge in [0, 0.05) is 49.8 Å². The minimum absolute atomic E-state index is 0.774. The van der Waals surface area contributed by atoms with Gasteiger partial charge in [0.15, 0.2) is 0 Å². The first-order valence-corrected chi connectivity index (χ1v) is 17.3. The number of fused-ring (bicyclic) bond motifs is 9. The zero-order valence-corrected chi connectivity index (χ0v) is 27.7. The molecular formula is C48H31NO2. The zero-order chi connectivity index (χ0) is 33.7. The van der Waals surface area contributed by atoms with Crippen LogP contribution in [-0.2, 0) is 0 Å². The minimum Gasteiger partial charge on any atom is -0.456 e. The van der Waals surface area contributed by atoms with Crippen LogP contribution < -0.4 is 9.47 Å². The van der Waals surface area contributed by atoms with Crippen molar-refractivity contribution < 1.29 is 9.47 Å². The summed E-state index contributed by atoms with van der Waals surface area (Å²) in [7, 11) is 0. The summed E-state index contributed by atoms with van der Waals surface area (Å²) >= 11 is 0. The maximum atomic E-state index is 7.42. The summed E-state index contributed by atoms with van der Waals surface area (Å²) in [6.45, 7) is 0. The van der Waals surface area contributed by atoms with Crippen molar-refractivity contribution in [2.45, 2.75) is 0 Å². The predicted molar refractivity (Wildman–Crippen MR) is 209 cm³/mol. The number of rotatable bonds is 3. The van der Waals surface area contributed by atoms with Crippen molar-refractivity contribution in [1.29, 1.82) is 0 Å². The van der Waals surface area contributed by atoms with E-state index in [1.165, 1.54) is 16.3 Å². The lowest BCUT2D eigenvalue weighted by Gasteiger charge is -2.24. The molecule has 0 unspecified atom stereocenters. The monoisotopic (exact) mass is 653 g/mol. The highest BCUT2D eigenvalue weighted by atomic mass is 16.5. The van der Waals surface area contributed by atoms with Gasteiger partial charge in [0.1, 0.15) is 23.0 Å². The van der Waals surface area contributed by atoms with Gasteiger partial charge in [-0.1, -0.05) is 146 Å². The first kappa shape index (κ1) is 29.1. The lowest BCUT2D eigenvalue weighted by atomic mass is 9.93. The molecule has 0 amide bonds. The van der Waals surface area contributed by atoms with Gasteiger partial charge in [-0.05, 0) is 53.6 Å². The maximum absolute atomic E-state index is 7.42. The molecule has 1 aliphatic rings. The fourth-order valence-corrected chi connectivity index (χ4v) is 7.56. The normalized spacial score (nSPS) is 11.8. The van der Waals surface area contributed by atoms with Crippen LogP contribution in [0.2, 0.25) is 0 Å². The highest BCUT2D eigenvalue weighted by Crippen LogP contribution is 2.52. The van der Waals surface area contributed by atoms with Crippen molar-refractivity contribution in [3.8, 4) is 73.2 Å². The first-order chi connectivity index (χ1) is 25.3. The summed E-state index contributed by atoms with van der Waals surface area (Å²) in [5.74, 6) is 3.12. The largest absolute Gasteiger partial charge is 0.456 e. The number of benzene rings is 8. The molecule has 240 valence electrons. The standard InChI is InChI=1S/C48H31NO2/c1-3-15-32(16-4-1)35-22-13-24-40-38-20-8-11-27-45(38)50-46-28-12-9-21-39(46)41-25-14-23-36(48(41)51-47(35)40)33-29-30-44-42(31-33)37-19-7-10-26-43(37)49(44)34-17-5-2-6-18-34/h1-31H. The average molecular weight is 654 g/mol. The van der Waals surface area contributed by atoms with E-state index in [4.69, 9.17) is 9.47 Å². The van der Waals surface area contributed by atoms with Crippen molar-refractivity contribution in [3.05, 3.63) is 188 Å². The summed E-state index contributed by atoms with van der Waals surface area (Å²) in [4.78, 5) is 0. The van der Waals surface area contributed by atoms with E-state index < -0.39 is 0 Å². The quantitative estimate of drug-likeness (QED) is 0.189. The fraction of sp³-hybridized carbons (Fsp3) is 0. The number of nitrogens with zero attached hydrogens (tertiary/aromatic N) is 1. The summed E-state index contributed by atoms with van der Waals surface area (Å²) in [6.07, 6.45) is 0. The van der Waals surface area contributed by atoms with Gasteiger partial charge >= 0.3 is 0 Å². The molecule has 0 aliphatic carbocycles. The van der Waals surface area contributed by atoms with Gasteiger partial charge in [0.25, 0.3) is 0 Å². The van der Waals surface area contributed by atoms with E-state index in [2.05, 4.69) is 162 Å². The number of aromatic nitrogens is 1. The Morgan fingerprint density at radius 2 is 0.824 bits per heavy atom. The van der Waals surface area contributed by atoms with E-state index >= 15 is 0 Å². The van der Waals surface area contributed by atoms with Gasteiger partial charge in [0.05, 0.1) is 11.0 Å². The van der Waals surface area contributed by atoms with E-state index in [-0.39, 0.29) is 0 Å². The fourth-order valence-electron chi connectivity index (χ4n) is 7.56. The molecular weight excluding hydrogens is 623 g/mol. The van der Waals surface area contributed by atoms with Crippen molar-refractivity contribution in [2.75, 3.05) is 0 Å². The molecule has 0 saturated carbocycles. The van der Waals surface area contributed by atoms with Crippen LogP contribution in [0, 0.1) is 0 Å². The van der Waals surface area contributed by atoms with Gasteiger partial charge in [-0.25, -0.2) is 0 Å². The second-order valence-corrected chi connectivity index (χ2v) is 12.8. The van der Waals surface area contributed by atoms with Crippen LogP contribution >= 0.6 is 0 Å². The number of hydrogen-bond acceptors (Lipinski definition) is 2. The molecule has 0 radical (unpaired) electrons. The molecule has 3 heteroatoms. The zero-order valence-electron chi connectivity index (χ0n) is 27.7. The van der Waals surface area contributed by atoms with E-state index in [0.717, 1.165) is 78.7 Å². The number of ether oxygens (including phenoxy) is 2. The van der Waals surface area contributed by atoms with Crippen LogP contribution in [0.4, 0.5) is 0 Å². The van der Waals surface area contributed by atoms with Crippen molar-refractivity contribution >= 4 is 21.8 Å². The topological polar surface area (TPSA) is 23.4 Å². The Kier molecular flexibility index (Phi) is 6.81.